The molecule has 0 bridgehead atoms. The van der Waals surface area contributed by atoms with E-state index in [1.165, 1.54) is 16.4 Å². The Labute approximate surface area is 176 Å². The van der Waals surface area contributed by atoms with Gasteiger partial charge in [0, 0.05) is 25.7 Å². The highest BCUT2D eigenvalue weighted by Gasteiger charge is 2.41. The van der Waals surface area contributed by atoms with Crippen LogP contribution >= 0.6 is 0 Å². The van der Waals surface area contributed by atoms with Crippen molar-refractivity contribution in [2.24, 2.45) is 0 Å². The molecule has 1 amide bonds. The lowest BCUT2D eigenvalue weighted by molar-refractivity contribution is -0.134. The molecule has 2 aromatic rings. The number of rotatable bonds is 3. The first-order valence-electron chi connectivity index (χ1n) is 10.3. The summed E-state index contributed by atoms with van der Waals surface area (Å²) in [6.45, 7) is 2.37. The van der Waals surface area contributed by atoms with Crippen LogP contribution in [0.3, 0.4) is 0 Å². The Morgan fingerprint density at radius 2 is 1.63 bits per heavy atom. The Morgan fingerprint density at radius 3 is 2.40 bits per heavy atom. The molecule has 0 spiro atoms. The zero-order chi connectivity index (χ0) is 20.7. The van der Waals surface area contributed by atoms with Gasteiger partial charge in [-0.15, -0.1) is 0 Å². The maximum absolute atomic E-state index is 13.7. The molecule has 0 saturated carbocycles. The number of hydrogen-bond donors (Lipinski definition) is 0. The summed E-state index contributed by atoms with van der Waals surface area (Å²) in [5, 5.41) is 0. The quantitative estimate of drug-likeness (QED) is 0.749. The van der Waals surface area contributed by atoms with Crippen molar-refractivity contribution >= 4 is 15.9 Å². The number of benzene rings is 2. The van der Waals surface area contributed by atoms with Crippen LogP contribution < -0.4 is 9.47 Å². The largest absolute Gasteiger partial charge is 0.486 e. The van der Waals surface area contributed by atoms with Crippen molar-refractivity contribution in [2.75, 3.05) is 26.3 Å². The molecule has 3 heterocycles. The van der Waals surface area contributed by atoms with Crippen molar-refractivity contribution in [3.05, 3.63) is 53.6 Å². The van der Waals surface area contributed by atoms with Crippen LogP contribution in [0.1, 0.15) is 24.0 Å². The highest BCUT2D eigenvalue weighted by Crippen LogP contribution is 2.36. The minimum atomic E-state index is -3.91. The predicted octanol–water partition coefficient (Wildman–Crippen LogP) is 2.20. The van der Waals surface area contributed by atoms with Crippen LogP contribution in [0.4, 0.5) is 0 Å². The summed E-state index contributed by atoms with van der Waals surface area (Å²) in [5.41, 5.74) is 1.97. The van der Waals surface area contributed by atoms with Crippen molar-refractivity contribution in [3.63, 3.8) is 0 Å². The van der Waals surface area contributed by atoms with Gasteiger partial charge >= 0.3 is 0 Å². The number of fused-ring (bicyclic) bond motifs is 2. The molecule has 5 rings (SSSR count). The number of amides is 1. The molecule has 0 N–H and O–H groups in total. The minimum absolute atomic E-state index is 0.108. The molecule has 1 unspecified atom stereocenters. The molecule has 1 saturated heterocycles. The Bertz CT molecular complexity index is 1080. The third kappa shape index (κ3) is 3.33. The van der Waals surface area contributed by atoms with Crippen LogP contribution in [0.25, 0.3) is 0 Å². The number of nitrogens with zero attached hydrogens (tertiary/aromatic N) is 2. The number of ether oxygens (including phenoxy) is 2. The highest BCUT2D eigenvalue weighted by atomic mass is 32.2. The van der Waals surface area contributed by atoms with Gasteiger partial charge in [0.2, 0.25) is 15.9 Å². The molecule has 158 valence electrons. The first kappa shape index (κ1) is 19.4. The van der Waals surface area contributed by atoms with Crippen molar-refractivity contribution in [1.82, 2.24) is 9.21 Å². The Kier molecular flexibility index (Phi) is 4.91. The Balaban J connectivity index is 1.54. The van der Waals surface area contributed by atoms with Gasteiger partial charge in [-0.1, -0.05) is 24.3 Å². The van der Waals surface area contributed by atoms with Crippen molar-refractivity contribution in [2.45, 2.75) is 36.7 Å². The van der Waals surface area contributed by atoms with Crippen molar-refractivity contribution in [1.29, 1.82) is 0 Å². The van der Waals surface area contributed by atoms with Crippen LogP contribution in [-0.2, 0) is 27.8 Å². The third-order valence-corrected chi connectivity index (χ3v) is 7.88. The van der Waals surface area contributed by atoms with Crippen LogP contribution in [0.15, 0.2) is 47.4 Å². The molecule has 3 aliphatic heterocycles. The van der Waals surface area contributed by atoms with E-state index < -0.39 is 16.1 Å². The molecule has 1 atom stereocenters. The highest BCUT2D eigenvalue weighted by molar-refractivity contribution is 7.89. The Morgan fingerprint density at radius 1 is 0.933 bits per heavy atom. The summed E-state index contributed by atoms with van der Waals surface area (Å²) >= 11 is 0. The third-order valence-electron chi connectivity index (χ3n) is 6.03. The molecule has 1 fully saturated rings. The summed E-state index contributed by atoms with van der Waals surface area (Å²) in [4.78, 5) is 15.2. The monoisotopic (exact) mass is 428 g/mol. The minimum Gasteiger partial charge on any atom is -0.486 e. The molecule has 8 heteroatoms. The number of hydrogen-bond acceptors (Lipinski definition) is 5. The molecule has 30 heavy (non-hydrogen) atoms. The summed E-state index contributed by atoms with van der Waals surface area (Å²) in [6, 6.07) is 11.7. The standard InChI is InChI=1S/C22H24N2O5S/c25-22(23-9-3-4-10-23)19-13-16-5-1-2-6-17(16)15-24(19)30(26,27)18-7-8-20-21(14-18)29-12-11-28-20/h1-2,5-8,14,19H,3-4,9-13,15H2. The fraction of sp³-hybridized carbons (Fsp3) is 0.409. The second kappa shape index (κ2) is 7.59. The molecule has 7 nitrogen and oxygen atoms in total. The number of likely N-dealkylation sites (tertiary alicyclic amines) is 1. The molecule has 2 aromatic carbocycles. The number of carbonyl (C=O) groups excluding carboxylic acids is 1. The summed E-state index contributed by atoms with van der Waals surface area (Å²) < 4.78 is 39.8. The fourth-order valence-electron chi connectivity index (χ4n) is 4.43. The first-order valence-corrected chi connectivity index (χ1v) is 11.7. The average Bonchev–Trinajstić information content (AvgIpc) is 3.32. The summed E-state index contributed by atoms with van der Waals surface area (Å²) in [6.07, 6.45) is 2.31. The normalized spacial score (nSPS) is 21.3. The van der Waals surface area contributed by atoms with E-state index >= 15 is 0 Å². The maximum atomic E-state index is 13.7. The summed E-state index contributed by atoms with van der Waals surface area (Å²) in [5.74, 6) is 0.846. The lowest BCUT2D eigenvalue weighted by Gasteiger charge is -2.37. The van der Waals surface area contributed by atoms with Crippen LogP contribution in [0.5, 0.6) is 11.5 Å². The molecular weight excluding hydrogens is 404 g/mol. The summed E-state index contributed by atoms with van der Waals surface area (Å²) in [7, 11) is -3.91. The van der Waals surface area contributed by atoms with E-state index in [1.807, 2.05) is 24.3 Å². The molecule has 3 aliphatic rings. The van der Waals surface area contributed by atoms with E-state index in [4.69, 9.17) is 9.47 Å². The zero-order valence-corrected chi connectivity index (χ0v) is 17.4. The van der Waals surface area contributed by atoms with Crippen LogP contribution in [0.2, 0.25) is 0 Å². The number of carbonyl (C=O) groups is 1. The molecule has 0 aromatic heterocycles. The average molecular weight is 429 g/mol. The van der Waals surface area contributed by atoms with Gasteiger partial charge in [-0.3, -0.25) is 4.79 Å². The number of sulfonamides is 1. The van der Waals surface area contributed by atoms with E-state index in [0.717, 1.165) is 24.0 Å². The van der Waals surface area contributed by atoms with Gasteiger partial charge in [0.1, 0.15) is 19.3 Å². The van der Waals surface area contributed by atoms with E-state index in [0.29, 0.717) is 44.2 Å². The van der Waals surface area contributed by atoms with Gasteiger partial charge in [-0.25, -0.2) is 8.42 Å². The smallest absolute Gasteiger partial charge is 0.244 e. The van der Waals surface area contributed by atoms with Crippen molar-refractivity contribution < 1.29 is 22.7 Å². The van der Waals surface area contributed by atoms with Gasteiger partial charge in [0.15, 0.2) is 11.5 Å². The van der Waals surface area contributed by atoms with E-state index in [2.05, 4.69) is 0 Å². The SMILES string of the molecule is O=C(C1Cc2ccccc2CN1S(=O)(=O)c1ccc2c(c1)OCCO2)N1CCCC1. The van der Waals surface area contributed by atoms with Gasteiger partial charge in [-0.05, 0) is 42.5 Å². The topological polar surface area (TPSA) is 76.2 Å². The predicted molar refractivity (Wildman–Crippen MR) is 110 cm³/mol. The maximum Gasteiger partial charge on any atom is 0.244 e. The molecule has 0 aliphatic carbocycles. The Hall–Kier alpha value is -2.58. The fourth-order valence-corrected chi connectivity index (χ4v) is 6.01. The molecular formula is C22H24N2O5S. The van der Waals surface area contributed by atoms with Crippen LogP contribution in [0, 0.1) is 0 Å². The second-order valence-corrected chi connectivity index (χ2v) is 9.77. The molecule has 0 radical (unpaired) electrons. The van der Waals surface area contributed by atoms with Gasteiger partial charge in [-0.2, -0.15) is 4.31 Å². The van der Waals surface area contributed by atoms with Gasteiger partial charge < -0.3 is 14.4 Å². The van der Waals surface area contributed by atoms with Gasteiger partial charge in [0.05, 0.1) is 4.90 Å². The van der Waals surface area contributed by atoms with Gasteiger partial charge in [0.25, 0.3) is 0 Å². The van der Waals surface area contributed by atoms with E-state index in [9.17, 15) is 13.2 Å². The zero-order valence-electron chi connectivity index (χ0n) is 16.6. The van der Waals surface area contributed by atoms with E-state index in [-0.39, 0.29) is 17.3 Å². The van der Waals surface area contributed by atoms with Crippen molar-refractivity contribution in [3.8, 4) is 11.5 Å². The lowest BCUT2D eigenvalue weighted by Crippen LogP contribution is -2.53. The van der Waals surface area contributed by atoms with E-state index in [1.54, 1.807) is 11.0 Å². The second-order valence-electron chi connectivity index (χ2n) is 7.88. The first-order chi connectivity index (χ1) is 14.5. The van der Waals surface area contributed by atoms with Crippen LogP contribution in [-0.4, -0.2) is 55.9 Å². The lowest BCUT2D eigenvalue weighted by atomic mass is 9.95.